The van der Waals surface area contributed by atoms with Gasteiger partial charge in [-0.25, -0.2) is 0 Å². The second-order valence-corrected chi connectivity index (χ2v) is 9.35. The summed E-state index contributed by atoms with van der Waals surface area (Å²) in [7, 11) is -3.97. The third-order valence-electron chi connectivity index (χ3n) is 3.98. The van der Waals surface area contributed by atoms with Crippen LogP contribution in [0.2, 0.25) is 0 Å². The molecule has 0 radical (unpaired) electrons. The standard InChI is InChI=1S/C13H24O6S2/c1-8(21(14,15)16)4-5-17-6-11-7-18-12-9(2)20-10(3)13(12)19-11/h8-13H,4-7H2,1-3H3,(H,14,15,16). The number of hydrogen-bond donors (Lipinski definition) is 1. The summed E-state index contributed by atoms with van der Waals surface area (Å²) in [6.45, 7) is 6.92. The van der Waals surface area contributed by atoms with Crippen LogP contribution in [0.5, 0.6) is 0 Å². The van der Waals surface area contributed by atoms with Crippen LogP contribution in [-0.4, -0.2) is 66.9 Å². The molecule has 2 saturated heterocycles. The van der Waals surface area contributed by atoms with E-state index in [9.17, 15) is 8.42 Å². The Hall–Kier alpha value is 0.140. The molecule has 6 atom stereocenters. The fraction of sp³-hybridized carbons (Fsp3) is 1.00. The molecule has 0 bridgehead atoms. The molecule has 1 N–H and O–H groups in total. The summed E-state index contributed by atoms with van der Waals surface area (Å²) in [6, 6.07) is 0. The highest BCUT2D eigenvalue weighted by Crippen LogP contribution is 2.39. The summed E-state index contributed by atoms with van der Waals surface area (Å²) in [5.74, 6) is 0. The largest absolute Gasteiger partial charge is 0.379 e. The Bertz CT molecular complexity index is 440. The highest BCUT2D eigenvalue weighted by Gasteiger charge is 2.45. The smallest absolute Gasteiger partial charge is 0.267 e. The molecule has 0 aromatic rings. The van der Waals surface area contributed by atoms with Crippen LogP contribution in [0, 0.1) is 0 Å². The van der Waals surface area contributed by atoms with Crippen molar-refractivity contribution in [1.29, 1.82) is 0 Å². The minimum Gasteiger partial charge on any atom is -0.379 e. The van der Waals surface area contributed by atoms with Crippen molar-refractivity contribution in [3.05, 3.63) is 0 Å². The summed E-state index contributed by atoms with van der Waals surface area (Å²) >= 11 is 1.88. The maximum Gasteiger partial charge on any atom is 0.267 e. The molecule has 2 aliphatic rings. The molecule has 0 aromatic heterocycles. The zero-order valence-electron chi connectivity index (χ0n) is 12.6. The number of rotatable bonds is 6. The van der Waals surface area contributed by atoms with Crippen molar-refractivity contribution in [2.24, 2.45) is 0 Å². The third-order valence-corrected chi connectivity index (χ3v) is 6.63. The van der Waals surface area contributed by atoms with Gasteiger partial charge in [0.05, 0.1) is 30.7 Å². The Morgan fingerprint density at radius 3 is 2.67 bits per heavy atom. The molecule has 124 valence electrons. The van der Waals surface area contributed by atoms with E-state index in [2.05, 4.69) is 13.8 Å². The predicted molar refractivity (Wildman–Crippen MR) is 81.4 cm³/mol. The summed E-state index contributed by atoms with van der Waals surface area (Å²) in [4.78, 5) is 0. The Morgan fingerprint density at radius 2 is 2.00 bits per heavy atom. The zero-order valence-corrected chi connectivity index (χ0v) is 14.2. The van der Waals surface area contributed by atoms with Crippen LogP contribution < -0.4 is 0 Å². The minimum atomic E-state index is -3.97. The highest BCUT2D eigenvalue weighted by atomic mass is 32.2. The third kappa shape index (κ3) is 4.56. The average Bonchev–Trinajstić information content (AvgIpc) is 2.68. The van der Waals surface area contributed by atoms with Crippen molar-refractivity contribution >= 4 is 21.9 Å². The van der Waals surface area contributed by atoms with Gasteiger partial charge in [0, 0.05) is 17.1 Å². The van der Waals surface area contributed by atoms with E-state index in [-0.39, 0.29) is 31.3 Å². The molecule has 21 heavy (non-hydrogen) atoms. The lowest BCUT2D eigenvalue weighted by Gasteiger charge is -2.34. The van der Waals surface area contributed by atoms with Crippen LogP contribution in [0.1, 0.15) is 27.2 Å². The molecule has 0 amide bonds. The summed E-state index contributed by atoms with van der Waals surface area (Å²) in [5, 5.41) is 0.0485. The van der Waals surface area contributed by atoms with Crippen molar-refractivity contribution < 1.29 is 27.2 Å². The van der Waals surface area contributed by atoms with Gasteiger partial charge < -0.3 is 14.2 Å². The van der Waals surface area contributed by atoms with Crippen LogP contribution in [0.3, 0.4) is 0 Å². The first kappa shape index (κ1) is 17.5. The quantitative estimate of drug-likeness (QED) is 0.577. The first-order valence-corrected chi connectivity index (χ1v) is 9.70. The van der Waals surface area contributed by atoms with Crippen molar-refractivity contribution in [3.63, 3.8) is 0 Å². The van der Waals surface area contributed by atoms with Crippen molar-refractivity contribution in [3.8, 4) is 0 Å². The normalized spacial score (nSPS) is 38.2. The minimum absolute atomic E-state index is 0.101. The first-order chi connectivity index (χ1) is 9.79. The molecule has 0 aromatic carbocycles. The Kier molecular flexibility index (Phi) is 5.95. The molecule has 0 saturated carbocycles. The predicted octanol–water partition coefficient (Wildman–Crippen LogP) is 1.35. The fourth-order valence-corrected chi connectivity index (χ4v) is 4.46. The summed E-state index contributed by atoms with van der Waals surface area (Å²) in [5.41, 5.74) is 0. The molecule has 0 aliphatic carbocycles. The van der Waals surface area contributed by atoms with E-state index in [4.69, 9.17) is 18.8 Å². The number of hydrogen-bond acceptors (Lipinski definition) is 6. The summed E-state index contributed by atoms with van der Waals surface area (Å²) < 4.78 is 48.0. The number of thioether (sulfide) groups is 1. The van der Waals surface area contributed by atoms with E-state index >= 15 is 0 Å². The lowest BCUT2D eigenvalue weighted by molar-refractivity contribution is -0.187. The van der Waals surface area contributed by atoms with E-state index in [0.717, 1.165) is 0 Å². The van der Waals surface area contributed by atoms with Gasteiger partial charge in [0.1, 0.15) is 6.10 Å². The van der Waals surface area contributed by atoms with Crippen LogP contribution in [0.4, 0.5) is 0 Å². The zero-order chi connectivity index (χ0) is 15.6. The summed E-state index contributed by atoms with van der Waals surface area (Å²) in [6.07, 6.45) is 0.410. The highest BCUT2D eigenvalue weighted by molar-refractivity contribution is 8.00. The van der Waals surface area contributed by atoms with E-state index in [1.165, 1.54) is 6.92 Å². The van der Waals surface area contributed by atoms with Crippen molar-refractivity contribution in [2.45, 2.75) is 61.3 Å². The van der Waals surface area contributed by atoms with Crippen molar-refractivity contribution in [1.82, 2.24) is 0 Å². The molecule has 6 unspecified atom stereocenters. The van der Waals surface area contributed by atoms with E-state index in [1.54, 1.807) is 0 Å². The molecule has 8 heteroatoms. The SMILES string of the molecule is CC1SC(C)C2OC(COCCC(C)S(=O)(=O)O)COC12. The topological polar surface area (TPSA) is 82.1 Å². The van der Waals surface area contributed by atoms with Gasteiger partial charge >= 0.3 is 0 Å². The second kappa shape index (κ2) is 7.14. The molecule has 2 aliphatic heterocycles. The Morgan fingerprint density at radius 1 is 1.33 bits per heavy atom. The molecule has 2 heterocycles. The molecular weight excluding hydrogens is 316 g/mol. The van der Waals surface area contributed by atoms with Gasteiger partial charge in [-0.15, -0.1) is 0 Å². The molecule has 6 nitrogen and oxygen atoms in total. The van der Waals surface area contributed by atoms with Gasteiger partial charge in [-0.3, -0.25) is 4.55 Å². The first-order valence-electron chi connectivity index (χ1n) is 7.25. The molecule has 2 fully saturated rings. The van der Waals surface area contributed by atoms with Gasteiger partial charge in [-0.2, -0.15) is 20.2 Å². The lowest BCUT2D eigenvalue weighted by Crippen LogP contribution is -2.47. The molecule has 2 rings (SSSR count). The van der Waals surface area contributed by atoms with E-state index < -0.39 is 15.4 Å². The van der Waals surface area contributed by atoms with Crippen LogP contribution in [0.25, 0.3) is 0 Å². The second-order valence-electron chi connectivity index (χ2n) is 5.76. The van der Waals surface area contributed by atoms with Crippen LogP contribution >= 0.6 is 11.8 Å². The lowest BCUT2D eigenvalue weighted by atomic mass is 10.1. The van der Waals surface area contributed by atoms with Gasteiger partial charge in [-0.1, -0.05) is 13.8 Å². The van der Waals surface area contributed by atoms with Gasteiger partial charge in [-0.05, 0) is 13.3 Å². The molecule has 0 spiro atoms. The Labute approximate surface area is 130 Å². The van der Waals surface area contributed by atoms with Gasteiger partial charge in [0.15, 0.2) is 0 Å². The molecular formula is C13H24O6S2. The van der Waals surface area contributed by atoms with Crippen LogP contribution in [0.15, 0.2) is 0 Å². The number of fused-ring (bicyclic) bond motifs is 1. The average molecular weight is 340 g/mol. The van der Waals surface area contributed by atoms with E-state index in [1.807, 2.05) is 11.8 Å². The number of ether oxygens (including phenoxy) is 3. The maximum atomic E-state index is 10.9. The maximum absolute atomic E-state index is 10.9. The Balaban J connectivity index is 1.69. The van der Waals surface area contributed by atoms with Crippen molar-refractivity contribution in [2.75, 3.05) is 19.8 Å². The fourth-order valence-electron chi connectivity index (χ4n) is 2.63. The van der Waals surface area contributed by atoms with Gasteiger partial charge in [0.25, 0.3) is 10.1 Å². The van der Waals surface area contributed by atoms with Gasteiger partial charge in [0.2, 0.25) is 0 Å². The van der Waals surface area contributed by atoms with E-state index in [0.29, 0.717) is 23.7 Å². The van der Waals surface area contributed by atoms with Crippen LogP contribution in [-0.2, 0) is 24.3 Å². The monoisotopic (exact) mass is 340 g/mol.